The lowest BCUT2D eigenvalue weighted by molar-refractivity contribution is -0.131. The summed E-state index contributed by atoms with van der Waals surface area (Å²) < 4.78 is 1.87. The Kier molecular flexibility index (Phi) is 3.96. The Balaban J connectivity index is 1.59. The van der Waals surface area contributed by atoms with Gasteiger partial charge in [0.1, 0.15) is 0 Å². The number of rotatable bonds is 4. The first-order valence-electron chi connectivity index (χ1n) is 7.38. The van der Waals surface area contributed by atoms with Crippen molar-refractivity contribution < 1.29 is 4.79 Å². The number of nitrogens with zero attached hydrogens (tertiary/aromatic N) is 5. The van der Waals surface area contributed by atoms with E-state index in [4.69, 9.17) is 0 Å². The molecule has 0 bridgehead atoms. The van der Waals surface area contributed by atoms with Crippen molar-refractivity contribution in [1.82, 2.24) is 25.1 Å². The van der Waals surface area contributed by atoms with Crippen molar-refractivity contribution in [3.05, 3.63) is 0 Å². The highest BCUT2D eigenvalue weighted by molar-refractivity contribution is 8.00. The molecular formula is C13H21N5OS. The second kappa shape index (κ2) is 5.71. The van der Waals surface area contributed by atoms with Crippen molar-refractivity contribution in [3.8, 4) is 0 Å². The Morgan fingerprint density at radius 2 is 2.00 bits per heavy atom. The summed E-state index contributed by atoms with van der Waals surface area (Å²) in [6.07, 6.45) is 4.52. The first-order chi connectivity index (χ1) is 9.65. The van der Waals surface area contributed by atoms with Crippen LogP contribution in [0.4, 0.5) is 0 Å². The van der Waals surface area contributed by atoms with Gasteiger partial charge in [0.05, 0.1) is 11.3 Å². The summed E-state index contributed by atoms with van der Waals surface area (Å²) >= 11 is 1.48. The minimum Gasteiger partial charge on any atom is -0.342 e. The number of aromatic nitrogens is 4. The highest BCUT2D eigenvalue weighted by Gasteiger charge is 2.31. The van der Waals surface area contributed by atoms with Crippen molar-refractivity contribution >= 4 is 17.7 Å². The first kappa shape index (κ1) is 13.9. The lowest BCUT2D eigenvalue weighted by Crippen LogP contribution is -2.41. The van der Waals surface area contributed by atoms with Gasteiger partial charge in [-0.1, -0.05) is 18.7 Å². The number of carbonyl (C=O) groups excluding carboxylic acids is 1. The minimum atomic E-state index is -0.119. The van der Waals surface area contributed by atoms with Gasteiger partial charge in [-0.25, -0.2) is 4.68 Å². The van der Waals surface area contributed by atoms with Gasteiger partial charge in [0.2, 0.25) is 11.1 Å². The summed E-state index contributed by atoms with van der Waals surface area (Å²) in [7, 11) is 0. The summed E-state index contributed by atoms with van der Waals surface area (Å²) in [4.78, 5) is 14.4. The van der Waals surface area contributed by atoms with E-state index in [1.54, 1.807) is 0 Å². The van der Waals surface area contributed by atoms with Gasteiger partial charge >= 0.3 is 0 Å². The number of carbonyl (C=O) groups is 1. The van der Waals surface area contributed by atoms with Crippen LogP contribution in [0.25, 0.3) is 0 Å². The molecule has 1 saturated heterocycles. The number of likely N-dealkylation sites (tertiary alicyclic amines) is 1. The molecular weight excluding hydrogens is 274 g/mol. The maximum Gasteiger partial charge on any atom is 0.235 e. The predicted molar refractivity (Wildman–Crippen MR) is 76.4 cm³/mol. The molecule has 7 heteroatoms. The number of hydrogen-bond donors (Lipinski definition) is 0. The minimum absolute atomic E-state index is 0.119. The third kappa shape index (κ3) is 2.97. The van der Waals surface area contributed by atoms with Crippen molar-refractivity contribution in [1.29, 1.82) is 0 Å². The molecule has 3 rings (SSSR count). The monoisotopic (exact) mass is 295 g/mol. The van der Waals surface area contributed by atoms with E-state index in [1.807, 2.05) is 16.5 Å². The number of piperidine rings is 1. The molecule has 0 radical (unpaired) electrons. The van der Waals surface area contributed by atoms with E-state index < -0.39 is 0 Å². The van der Waals surface area contributed by atoms with Gasteiger partial charge in [-0.2, -0.15) is 0 Å². The van der Waals surface area contributed by atoms with Crippen molar-refractivity contribution in [2.75, 3.05) is 13.1 Å². The first-order valence-corrected chi connectivity index (χ1v) is 8.26. The van der Waals surface area contributed by atoms with E-state index in [-0.39, 0.29) is 11.2 Å². The Labute approximate surface area is 123 Å². The number of hydrogen-bond acceptors (Lipinski definition) is 5. The topological polar surface area (TPSA) is 63.9 Å². The van der Waals surface area contributed by atoms with Crippen molar-refractivity contribution in [2.24, 2.45) is 5.92 Å². The molecule has 0 aromatic carbocycles. The van der Waals surface area contributed by atoms with Gasteiger partial charge in [0.15, 0.2) is 0 Å². The van der Waals surface area contributed by atoms with Crippen LogP contribution >= 0.6 is 11.8 Å². The molecule has 2 fully saturated rings. The van der Waals surface area contributed by atoms with E-state index >= 15 is 0 Å². The zero-order valence-electron chi connectivity index (χ0n) is 12.0. The van der Waals surface area contributed by atoms with Gasteiger partial charge in [-0.15, -0.1) is 5.10 Å². The van der Waals surface area contributed by atoms with Gasteiger partial charge in [-0.3, -0.25) is 4.79 Å². The zero-order valence-corrected chi connectivity index (χ0v) is 12.8. The van der Waals surface area contributed by atoms with E-state index in [9.17, 15) is 4.79 Å². The normalized spacial score (nSPS) is 22.0. The van der Waals surface area contributed by atoms with E-state index in [1.165, 1.54) is 11.8 Å². The van der Waals surface area contributed by atoms with Crippen LogP contribution in [0.5, 0.6) is 0 Å². The zero-order chi connectivity index (χ0) is 14.1. The Morgan fingerprint density at radius 3 is 2.65 bits per heavy atom. The molecule has 110 valence electrons. The third-order valence-corrected chi connectivity index (χ3v) is 5.12. The Morgan fingerprint density at radius 1 is 1.30 bits per heavy atom. The van der Waals surface area contributed by atoms with Gasteiger partial charge in [0.25, 0.3) is 0 Å². The smallest absolute Gasteiger partial charge is 0.235 e. The summed E-state index contributed by atoms with van der Waals surface area (Å²) in [6.45, 7) is 5.98. The maximum atomic E-state index is 12.5. The van der Waals surface area contributed by atoms with Crippen LogP contribution < -0.4 is 0 Å². The molecule has 1 aromatic heterocycles. The molecule has 1 aliphatic heterocycles. The summed E-state index contributed by atoms with van der Waals surface area (Å²) in [5, 5.41) is 12.5. The Bertz CT molecular complexity index is 479. The molecule has 2 heterocycles. The fraction of sp³-hybridized carbons (Fsp3) is 0.846. The van der Waals surface area contributed by atoms with Crippen LogP contribution in [0, 0.1) is 5.92 Å². The standard InChI is InChI=1S/C13H21N5OS/c1-9-5-7-17(8-6-9)12(19)10(2)20-13-14-15-16-18(13)11-3-4-11/h9-11H,3-8H2,1-2H3/t10-/m0/s1. The van der Waals surface area contributed by atoms with Gasteiger partial charge in [0, 0.05) is 13.1 Å². The molecule has 1 atom stereocenters. The van der Waals surface area contributed by atoms with Crippen LogP contribution in [-0.4, -0.2) is 49.4 Å². The second-order valence-corrected chi connectivity index (χ2v) is 7.21. The lowest BCUT2D eigenvalue weighted by atomic mass is 9.99. The van der Waals surface area contributed by atoms with Crippen molar-refractivity contribution in [3.63, 3.8) is 0 Å². The van der Waals surface area contributed by atoms with Crippen LogP contribution in [-0.2, 0) is 4.79 Å². The number of amides is 1. The van der Waals surface area contributed by atoms with Gasteiger partial charge < -0.3 is 4.90 Å². The fourth-order valence-corrected chi connectivity index (χ4v) is 3.45. The highest BCUT2D eigenvalue weighted by atomic mass is 32.2. The lowest BCUT2D eigenvalue weighted by Gasteiger charge is -2.31. The molecule has 1 saturated carbocycles. The predicted octanol–water partition coefficient (Wildman–Crippen LogP) is 1.75. The number of tetrazole rings is 1. The summed E-state index contributed by atoms with van der Waals surface area (Å²) in [6, 6.07) is 0.450. The highest BCUT2D eigenvalue weighted by Crippen LogP contribution is 2.37. The molecule has 1 aliphatic carbocycles. The summed E-state index contributed by atoms with van der Waals surface area (Å²) in [5.41, 5.74) is 0. The second-order valence-electron chi connectivity index (χ2n) is 5.91. The molecule has 20 heavy (non-hydrogen) atoms. The average molecular weight is 295 g/mol. The summed E-state index contributed by atoms with van der Waals surface area (Å²) in [5.74, 6) is 0.955. The molecule has 0 spiro atoms. The third-order valence-electron chi connectivity index (χ3n) is 4.08. The Hall–Kier alpha value is -1.11. The van der Waals surface area contributed by atoms with E-state index in [0.29, 0.717) is 6.04 Å². The molecule has 1 amide bonds. The SMILES string of the molecule is CC1CCN(C(=O)[C@H](C)Sc2nnnn2C2CC2)CC1. The van der Waals surface area contributed by atoms with Crippen LogP contribution in [0.3, 0.4) is 0 Å². The molecule has 0 N–H and O–H groups in total. The van der Waals surface area contributed by atoms with Crippen LogP contribution in [0.15, 0.2) is 5.16 Å². The molecule has 2 aliphatic rings. The van der Waals surface area contributed by atoms with Gasteiger partial charge in [-0.05, 0) is 49.0 Å². The largest absolute Gasteiger partial charge is 0.342 e. The maximum absolute atomic E-state index is 12.5. The fourth-order valence-electron chi connectivity index (χ4n) is 2.51. The van der Waals surface area contributed by atoms with E-state index in [2.05, 4.69) is 22.4 Å². The quantitative estimate of drug-likeness (QED) is 0.792. The molecule has 0 unspecified atom stereocenters. The molecule has 6 nitrogen and oxygen atoms in total. The van der Waals surface area contributed by atoms with E-state index in [0.717, 1.165) is 49.8 Å². The van der Waals surface area contributed by atoms with Crippen LogP contribution in [0.2, 0.25) is 0 Å². The van der Waals surface area contributed by atoms with Crippen LogP contribution in [0.1, 0.15) is 45.6 Å². The average Bonchev–Trinajstić information content (AvgIpc) is 3.19. The number of thioether (sulfide) groups is 1. The molecule has 1 aromatic rings. The van der Waals surface area contributed by atoms with Crippen molar-refractivity contribution in [2.45, 2.75) is 56.0 Å².